The molecule has 0 bridgehead atoms. The van der Waals surface area contributed by atoms with Crippen LogP contribution in [-0.4, -0.2) is 30.3 Å². The molecule has 0 fully saturated rings. The number of ketones is 1. The number of Topliss-reactive ketones (excluding diaryl/α,β-unsaturated/α-hetero) is 1. The third kappa shape index (κ3) is 5.49. The van der Waals surface area contributed by atoms with E-state index in [0.717, 1.165) is 16.7 Å². The quantitative estimate of drug-likeness (QED) is 0.385. The van der Waals surface area contributed by atoms with Crippen molar-refractivity contribution in [3.05, 3.63) is 108 Å². The highest BCUT2D eigenvalue weighted by molar-refractivity contribution is 6.13. The Balaban J connectivity index is 1.98. The van der Waals surface area contributed by atoms with Crippen LogP contribution in [0.4, 0.5) is 0 Å². The highest BCUT2D eigenvalue weighted by atomic mass is 16.2. The number of benzene rings is 3. The van der Waals surface area contributed by atoms with E-state index in [4.69, 9.17) is 11.5 Å². The van der Waals surface area contributed by atoms with E-state index in [1.165, 1.54) is 0 Å². The van der Waals surface area contributed by atoms with Gasteiger partial charge in [-0.2, -0.15) is 0 Å². The molecule has 5 nitrogen and oxygen atoms in total. The number of amides is 1. The average Bonchev–Trinajstić information content (AvgIpc) is 2.83. The molecule has 1 amide bonds. The largest absolute Gasteiger partial charge is 0.368 e. The van der Waals surface area contributed by atoms with Gasteiger partial charge in [-0.05, 0) is 42.5 Å². The molecule has 0 aliphatic carbocycles. The first kappa shape index (κ1) is 23.4. The van der Waals surface area contributed by atoms with Crippen molar-refractivity contribution >= 4 is 11.7 Å². The maximum atomic E-state index is 14.2. The third-order valence-corrected chi connectivity index (χ3v) is 5.81. The van der Waals surface area contributed by atoms with Crippen molar-refractivity contribution in [1.29, 1.82) is 0 Å². The standard InChI is InChI=1S/C27H31N3O2/c28-19-10-18-27(26(29)32,30-20-17-21-11-4-1-5-12-21)25(31)24(22-13-6-2-7-14-22)23-15-8-3-9-16-23/h1-9,11-16,24,30H,10,17-20,28H2,(H2,29,32)/t27-/m1/s1. The molecule has 1 atom stereocenters. The Bertz CT molecular complexity index is 954. The van der Waals surface area contributed by atoms with Crippen molar-refractivity contribution in [2.45, 2.75) is 30.7 Å². The monoisotopic (exact) mass is 429 g/mol. The van der Waals surface area contributed by atoms with Crippen LogP contribution in [0.3, 0.4) is 0 Å². The van der Waals surface area contributed by atoms with Gasteiger partial charge in [-0.25, -0.2) is 0 Å². The highest BCUT2D eigenvalue weighted by Gasteiger charge is 2.47. The number of hydrogen-bond acceptors (Lipinski definition) is 4. The third-order valence-electron chi connectivity index (χ3n) is 5.81. The van der Waals surface area contributed by atoms with E-state index in [1.807, 2.05) is 91.0 Å². The second-order valence-electron chi connectivity index (χ2n) is 7.94. The van der Waals surface area contributed by atoms with Crippen molar-refractivity contribution < 1.29 is 9.59 Å². The lowest BCUT2D eigenvalue weighted by molar-refractivity contribution is -0.136. The van der Waals surface area contributed by atoms with E-state index in [0.29, 0.717) is 25.9 Å². The van der Waals surface area contributed by atoms with Gasteiger partial charge in [0.15, 0.2) is 11.3 Å². The van der Waals surface area contributed by atoms with Gasteiger partial charge in [-0.3, -0.25) is 14.9 Å². The summed E-state index contributed by atoms with van der Waals surface area (Å²) in [4.78, 5) is 27.0. The highest BCUT2D eigenvalue weighted by Crippen LogP contribution is 2.32. The molecular weight excluding hydrogens is 398 g/mol. The first-order valence-corrected chi connectivity index (χ1v) is 11.0. The zero-order chi connectivity index (χ0) is 22.8. The van der Waals surface area contributed by atoms with Crippen LogP contribution in [0.15, 0.2) is 91.0 Å². The Labute approximate surface area is 189 Å². The predicted octanol–water partition coefficient (Wildman–Crippen LogP) is 3.18. The molecule has 32 heavy (non-hydrogen) atoms. The molecule has 5 N–H and O–H groups in total. The lowest BCUT2D eigenvalue weighted by atomic mass is 9.75. The molecule has 3 rings (SSSR count). The van der Waals surface area contributed by atoms with Gasteiger partial charge in [0, 0.05) is 6.54 Å². The number of hydrogen-bond donors (Lipinski definition) is 3. The van der Waals surface area contributed by atoms with Crippen molar-refractivity contribution in [3.8, 4) is 0 Å². The molecule has 0 aromatic heterocycles. The summed E-state index contributed by atoms with van der Waals surface area (Å²) >= 11 is 0. The maximum absolute atomic E-state index is 14.2. The topological polar surface area (TPSA) is 98.2 Å². The number of rotatable bonds is 12. The molecule has 0 saturated carbocycles. The van der Waals surface area contributed by atoms with E-state index in [-0.39, 0.29) is 12.2 Å². The summed E-state index contributed by atoms with van der Waals surface area (Å²) in [6, 6.07) is 29.0. The minimum atomic E-state index is -1.51. The second kappa shape index (κ2) is 11.4. The van der Waals surface area contributed by atoms with Crippen molar-refractivity contribution in [2.24, 2.45) is 11.5 Å². The molecule has 5 heteroatoms. The molecule has 0 aliphatic rings. The maximum Gasteiger partial charge on any atom is 0.245 e. The molecule has 0 aliphatic heterocycles. The Hall–Kier alpha value is -3.28. The number of carbonyl (C=O) groups is 2. The fourth-order valence-corrected chi connectivity index (χ4v) is 4.10. The number of carbonyl (C=O) groups excluding carboxylic acids is 2. The van der Waals surface area contributed by atoms with Crippen LogP contribution in [0, 0.1) is 0 Å². The summed E-state index contributed by atoms with van der Waals surface area (Å²) < 4.78 is 0. The summed E-state index contributed by atoms with van der Waals surface area (Å²) in [7, 11) is 0. The Morgan fingerprint density at radius 3 is 1.78 bits per heavy atom. The molecular formula is C27H31N3O2. The van der Waals surface area contributed by atoms with Gasteiger partial charge in [0.25, 0.3) is 0 Å². The van der Waals surface area contributed by atoms with Gasteiger partial charge in [0.1, 0.15) is 0 Å². The van der Waals surface area contributed by atoms with E-state index in [9.17, 15) is 9.59 Å². The van der Waals surface area contributed by atoms with Gasteiger partial charge in [-0.1, -0.05) is 91.0 Å². The minimum absolute atomic E-state index is 0.246. The Morgan fingerprint density at radius 2 is 1.31 bits per heavy atom. The molecule has 3 aromatic rings. The Morgan fingerprint density at radius 1 is 0.812 bits per heavy atom. The zero-order valence-electron chi connectivity index (χ0n) is 18.2. The summed E-state index contributed by atoms with van der Waals surface area (Å²) in [6.45, 7) is 0.809. The number of primary amides is 1. The van der Waals surface area contributed by atoms with Crippen LogP contribution in [0.2, 0.25) is 0 Å². The van der Waals surface area contributed by atoms with Gasteiger partial charge < -0.3 is 11.5 Å². The van der Waals surface area contributed by atoms with Gasteiger partial charge in [-0.15, -0.1) is 0 Å². The van der Waals surface area contributed by atoms with Crippen LogP contribution in [0.25, 0.3) is 0 Å². The lowest BCUT2D eigenvalue weighted by Crippen LogP contribution is -2.63. The van der Waals surface area contributed by atoms with E-state index in [1.54, 1.807) is 0 Å². The van der Waals surface area contributed by atoms with E-state index < -0.39 is 17.4 Å². The molecule has 0 saturated heterocycles. The average molecular weight is 430 g/mol. The van der Waals surface area contributed by atoms with Gasteiger partial charge in [0.05, 0.1) is 5.92 Å². The molecule has 0 spiro atoms. The van der Waals surface area contributed by atoms with Gasteiger partial charge >= 0.3 is 0 Å². The van der Waals surface area contributed by atoms with Crippen LogP contribution in [0.5, 0.6) is 0 Å². The molecule has 166 valence electrons. The van der Waals surface area contributed by atoms with Crippen molar-refractivity contribution in [3.63, 3.8) is 0 Å². The van der Waals surface area contributed by atoms with Crippen molar-refractivity contribution in [1.82, 2.24) is 5.32 Å². The van der Waals surface area contributed by atoms with Gasteiger partial charge in [0.2, 0.25) is 5.91 Å². The summed E-state index contributed by atoms with van der Waals surface area (Å²) in [5.41, 5.74) is 12.9. The Kier molecular flexibility index (Phi) is 8.31. The second-order valence-corrected chi connectivity index (χ2v) is 7.94. The molecule has 0 radical (unpaired) electrons. The van der Waals surface area contributed by atoms with Crippen LogP contribution >= 0.6 is 0 Å². The first-order chi connectivity index (χ1) is 15.6. The first-order valence-electron chi connectivity index (χ1n) is 11.0. The zero-order valence-corrected chi connectivity index (χ0v) is 18.2. The smallest absolute Gasteiger partial charge is 0.245 e. The van der Waals surface area contributed by atoms with Crippen LogP contribution < -0.4 is 16.8 Å². The number of nitrogens with one attached hydrogen (secondary N) is 1. The summed E-state index contributed by atoms with van der Waals surface area (Å²) in [5.74, 6) is -1.53. The summed E-state index contributed by atoms with van der Waals surface area (Å²) in [5, 5.41) is 3.26. The predicted molar refractivity (Wildman–Crippen MR) is 128 cm³/mol. The van der Waals surface area contributed by atoms with E-state index in [2.05, 4.69) is 5.32 Å². The molecule has 3 aromatic carbocycles. The number of nitrogens with two attached hydrogens (primary N) is 2. The van der Waals surface area contributed by atoms with Crippen LogP contribution in [0.1, 0.15) is 35.4 Å². The SMILES string of the molecule is NCCC[C@](NCCc1ccccc1)(C(N)=O)C(=O)C(c1ccccc1)c1ccccc1. The fourth-order valence-electron chi connectivity index (χ4n) is 4.10. The fraction of sp³-hybridized carbons (Fsp3) is 0.259. The minimum Gasteiger partial charge on any atom is -0.368 e. The normalized spacial score (nSPS) is 12.9. The summed E-state index contributed by atoms with van der Waals surface area (Å²) in [6.07, 6.45) is 1.43. The lowest BCUT2D eigenvalue weighted by Gasteiger charge is -2.34. The molecule has 0 heterocycles. The van der Waals surface area contributed by atoms with Crippen LogP contribution in [-0.2, 0) is 16.0 Å². The van der Waals surface area contributed by atoms with Crippen molar-refractivity contribution in [2.75, 3.05) is 13.1 Å². The van der Waals surface area contributed by atoms with E-state index >= 15 is 0 Å². The molecule has 0 unspecified atom stereocenters.